The Kier molecular flexibility index (Phi) is 6.96. The molecule has 0 bridgehead atoms. The molecule has 128 valence electrons. The third kappa shape index (κ3) is 5.76. The van der Waals surface area contributed by atoms with Gasteiger partial charge >= 0.3 is 6.03 Å². The molecule has 22 heavy (non-hydrogen) atoms. The second-order valence-electron chi connectivity index (χ2n) is 7.19. The normalized spacial score (nSPS) is 25.1. The number of ether oxygens (including phenoxy) is 1. The fourth-order valence-corrected chi connectivity index (χ4v) is 3.42. The van der Waals surface area contributed by atoms with Crippen molar-refractivity contribution in [3.05, 3.63) is 0 Å². The van der Waals surface area contributed by atoms with Crippen LogP contribution in [0, 0.1) is 5.92 Å². The van der Waals surface area contributed by atoms with Crippen LogP contribution in [0.15, 0.2) is 0 Å². The predicted molar refractivity (Wildman–Crippen MR) is 89.1 cm³/mol. The molecule has 5 heteroatoms. The topological polar surface area (TPSA) is 44.8 Å². The Hall–Kier alpha value is -0.810. The number of nitrogens with zero attached hydrogens (tertiary/aromatic N) is 2. The Labute approximate surface area is 135 Å². The molecular formula is C17H33N3O2. The number of carbonyl (C=O) groups excluding carboxylic acids is 1. The molecule has 2 saturated heterocycles. The van der Waals surface area contributed by atoms with Crippen molar-refractivity contribution in [1.29, 1.82) is 0 Å². The van der Waals surface area contributed by atoms with E-state index in [9.17, 15) is 4.79 Å². The van der Waals surface area contributed by atoms with Gasteiger partial charge in [-0.3, -0.25) is 0 Å². The van der Waals surface area contributed by atoms with E-state index in [0.717, 1.165) is 39.1 Å². The predicted octanol–water partition coefficient (Wildman–Crippen LogP) is 2.32. The molecule has 0 radical (unpaired) electrons. The van der Waals surface area contributed by atoms with E-state index in [1.54, 1.807) is 0 Å². The van der Waals surface area contributed by atoms with Gasteiger partial charge in [-0.25, -0.2) is 4.79 Å². The molecule has 1 N–H and O–H groups in total. The van der Waals surface area contributed by atoms with E-state index >= 15 is 0 Å². The lowest BCUT2D eigenvalue weighted by molar-refractivity contribution is 0.0999. The molecule has 2 rings (SSSR count). The molecule has 2 fully saturated rings. The molecule has 2 amide bonds. The quantitative estimate of drug-likeness (QED) is 0.819. The number of amides is 2. The van der Waals surface area contributed by atoms with Crippen LogP contribution in [0.5, 0.6) is 0 Å². The van der Waals surface area contributed by atoms with Crippen LogP contribution in [0.3, 0.4) is 0 Å². The number of nitrogens with one attached hydrogen (secondary N) is 1. The summed E-state index contributed by atoms with van der Waals surface area (Å²) in [5.41, 5.74) is 0. The molecular weight excluding hydrogens is 278 g/mol. The van der Waals surface area contributed by atoms with Gasteiger partial charge in [0.2, 0.25) is 0 Å². The summed E-state index contributed by atoms with van der Waals surface area (Å²) in [5, 5.41) is 3.12. The van der Waals surface area contributed by atoms with Crippen molar-refractivity contribution >= 4 is 6.03 Å². The van der Waals surface area contributed by atoms with Crippen molar-refractivity contribution in [1.82, 2.24) is 15.1 Å². The van der Waals surface area contributed by atoms with Gasteiger partial charge in [0.1, 0.15) is 0 Å². The molecule has 2 heterocycles. The van der Waals surface area contributed by atoms with Gasteiger partial charge in [-0.1, -0.05) is 0 Å². The molecule has 0 aliphatic carbocycles. The van der Waals surface area contributed by atoms with E-state index in [-0.39, 0.29) is 12.1 Å². The highest BCUT2D eigenvalue weighted by atomic mass is 16.5. The van der Waals surface area contributed by atoms with E-state index in [0.29, 0.717) is 12.0 Å². The SMILES string of the molecule is C[C@@H](CC[C@@H]1CCCO1)NC(=O)N(C)CC1CCN(C)CC1. The Bertz CT molecular complexity index is 337. The lowest BCUT2D eigenvalue weighted by atomic mass is 9.97. The summed E-state index contributed by atoms with van der Waals surface area (Å²) in [6, 6.07) is 0.287. The minimum Gasteiger partial charge on any atom is -0.378 e. The molecule has 0 saturated carbocycles. The van der Waals surface area contributed by atoms with Crippen LogP contribution in [0.1, 0.15) is 45.4 Å². The van der Waals surface area contributed by atoms with Crippen molar-refractivity contribution in [2.75, 3.05) is 40.3 Å². The molecule has 5 nitrogen and oxygen atoms in total. The van der Waals surface area contributed by atoms with Crippen molar-refractivity contribution in [3.8, 4) is 0 Å². The molecule has 0 spiro atoms. The molecule has 0 aromatic carbocycles. The number of hydrogen-bond acceptors (Lipinski definition) is 3. The van der Waals surface area contributed by atoms with Gasteiger partial charge in [0, 0.05) is 26.2 Å². The monoisotopic (exact) mass is 311 g/mol. The standard InChI is InChI=1S/C17H33N3O2/c1-14(6-7-16-5-4-12-22-16)18-17(21)20(3)13-15-8-10-19(2)11-9-15/h14-16H,4-13H2,1-3H3,(H,18,21)/t14-,16-/m0/s1. The second kappa shape index (κ2) is 8.73. The van der Waals surface area contributed by atoms with E-state index in [1.807, 2.05) is 11.9 Å². The van der Waals surface area contributed by atoms with Crippen LogP contribution in [0.4, 0.5) is 4.79 Å². The molecule has 0 aromatic rings. The van der Waals surface area contributed by atoms with Crippen LogP contribution in [0.25, 0.3) is 0 Å². The molecule has 0 aromatic heterocycles. The Morgan fingerprint density at radius 2 is 2.09 bits per heavy atom. The summed E-state index contributed by atoms with van der Waals surface area (Å²) >= 11 is 0. The summed E-state index contributed by atoms with van der Waals surface area (Å²) in [4.78, 5) is 16.5. The lowest BCUT2D eigenvalue weighted by Crippen LogP contribution is -2.45. The van der Waals surface area contributed by atoms with Gasteiger partial charge in [0.15, 0.2) is 0 Å². The lowest BCUT2D eigenvalue weighted by Gasteiger charge is -2.32. The summed E-state index contributed by atoms with van der Waals surface area (Å²) in [6.45, 7) is 6.18. The minimum absolute atomic E-state index is 0.0683. The van der Waals surface area contributed by atoms with Crippen LogP contribution < -0.4 is 5.32 Å². The number of rotatable bonds is 6. The number of carbonyl (C=O) groups is 1. The maximum Gasteiger partial charge on any atom is 0.317 e. The average Bonchev–Trinajstić information content (AvgIpc) is 3.01. The van der Waals surface area contributed by atoms with E-state index in [2.05, 4.69) is 24.2 Å². The smallest absolute Gasteiger partial charge is 0.317 e. The largest absolute Gasteiger partial charge is 0.378 e. The van der Waals surface area contributed by atoms with Gasteiger partial charge < -0.3 is 19.9 Å². The summed E-state index contributed by atoms with van der Waals surface area (Å²) in [7, 11) is 4.09. The van der Waals surface area contributed by atoms with Gasteiger partial charge in [-0.2, -0.15) is 0 Å². The number of piperidine rings is 1. The van der Waals surface area contributed by atoms with Crippen molar-refractivity contribution in [3.63, 3.8) is 0 Å². The average molecular weight is 311 g/mol. The Morgan fingerprint density at radius 1 is 1.36 bits per heavy atom. The zero-order valence-corrected chi connectivity index (χ0v) is 14.5. The Morgan fingerprint density at radius 3 is 2.73 bits per heavy atom. The zero-order chi connectivity index (χ0) is 15.9. The van der Waals surface area contributed by atoms with Gasteiger partial charge in [0.25, 0.3) is 0 Å². The van der Waals surface area contributed by atoms with E-state index in [1.165, 1.54) is 25.7 Å². The van der Waals surface area contributed by atoms with E-state index < -0.39 is 0 Å². The third-order valence-corrected chi connectivity index (χ3v) is 5.03. The summed E-state index contributed by atoms with van der Waals surface area (Å²) in [6.07, 6.45) is 7.22. The summed E-state index contributed by atoms with van der Waals surface area (Å²) in [5.74, 6) is 0.647. The molecule has 2 atom stereocenters. The fourth-order valence-electron chi connectivity index (χ4n) is 3.42. The highest BCUT2D eigenvalue weighted by molar-refractivity contribution is 5.74. The van der Waals surface area contributed by atoms with Gasteiger partial charge in [-0.05, 0) is 71.5 Å². The van der Waals surface area contributed by atoms with Crippen LogP contribution >= 0.6 is 0 Å². The highest BCUT2D eigenvalue weighted by Gasteiger charge is 2.21. The van der Waals surface area contributed by atoms with E-state index in [4.69, 9.17) is 4.74 Å². The number of urea groups is 1. The molecule has 0 unspecified atom stereocenters. The number of hydrogen-bond donors (Lipinski definition) is 1. The minimum atomic E-state index is 0.0683. The van der Waals surface area contributed by atoms with Crippen molar-refractivity contribution in [2.45, 2.75) is 57.6 Å². The Balaban J connectivity index is 1.62. The summed E-state index contributed by atoms with van der Waals surface area (Å²) < 4.78 is 5.64. The van der Waals surface area contributed by atoms with Gasteiger partial charge in [0.05, 0.1) is 6.10 Å². The van der Waals surface area contributed by atoms with Crippen LogP contribution in [-0.2, 0) is 4.74 Å². The maximum atomic E-state index is 12.3. The first-order valence-corrected chi connectivity index (χ1v) is 8.86. The highest BCUT2D eigenvalue weighted by Crippen LogP contribution is 2.18. The van der Waals surface area contributed by atoms with Crippen LogP contribution in [0.2, 0.25) is 0 Å². The van der Waals surface area contributed by atoms with Crippen molar-refractivity contribution in [2.24, 2.45) is 5.92 Å². The second-order valence-corrected chi connectivity index (χ2v) is 7.19. The number of likely N-dealkylation sites (tertiary alicyclic amines) is 1. The third-order valence-electron chi connectivity index (χ3n) is 5.03. The van der Waals surface area contributed by atoms with Gasteiger partial charge in [-0.15, -0.1) is 0 Å². The van der Waals surface area contributed by atoms with Crippen molar-refractivity contribution < 1.29 is 9.53 Å². The first kappa shape index (κ1) is 17.5. The fraction of sp³-hybridized carbons (Fsp3) is 0.941. The maximum absolute atomic E-state index is 12.3. The molecule has 2 aliphatic heterocycles. The zero-order valence-electron chi connectivity index (χ0n) is 14.5. The first-order valence-electron chi connectivity index (χ1n) is 8.86. The van der Waals surface area contributed by atoms with Crippen LogP contribution in [-0.4, -0.2) is 68.3 Å². The first-order chi connectivity index (χ1) is 10.5. The molecule has 2 aliphatic rings.